The van der Waals surface area contributed by atoms with Gasteiger partial charge in [0.15, 0.2) is 5.75 Å². The van der Waals surface area contributed by atoms with E-state index < -0.39 is 34.6 Å². The van der Waals surface area contributed by atoms with Gasteiger partial charge in [-0.05, 0) is 43.3 Å². The zero-order valence-electron chi connectivity index (χ0n) is 18.7. The van der Waals surface area contributed by atoms with Crippen LogP contribution in [0.4, 0.5) is 18.9 Å². The molecule has 7 nitrogen and oxygen atoms in total. The molecule has 2 N–H and O–H groups in total. The number of nitrogens with zero attached hydrogens (tertiary/aromatic N) is 3. The van der Waals surface area contributed by atoms with E-state index >= 15 is 0 Å². The third-order valence-corrected chi connectivity index (χ3v) is 5.93. The first-order chi connectivity index (χ1) is 16.9. The number of nitrogens with one attached hydrogen (secondary N) is 1. The lowest BCUT2D eigenvalue weighted by Gasteiger charge is -2.15. The summed E-state index contributed by atoms with van der Waals surface area (Å²) in [5, 5.41) is 11.7. The van der Waals surface area contributed by atoms with Gasteiger partial charge in [-0.3, -0.25) is 14.2 Å². The van der Waals surface area contributed by atoms with E-state index in [9.17, 15) is 27.9 Å². The van der Waals surface area contributed by atoms with Gasteiger partial charge < -0.3 is 10.4 Å². The van der Waals surface area contributed by atoms with Crippen molar-refractivity contribution in [1.82, 2.24) is 14.5 Å². The molecule has 4 aromatic rings. The molecule has 0 aliphatic carbocycles. The molecule has 2 aromatic carbocycles. The smallest absolute Gasteiger partial charge is 0.286 e. The van der Waals surface area contributed by atoms with E-state index in [4.69, 9.17) is 23.2 Å². The van der Waals surface area contributed by atoms with E-state index in [0.29, 0.717) is 6.92 Å². The van der Waals surface area contributed by atoms with Gasteiger partial charge in [0.25, 0.3) is 17.4 Å². The summed E-state index contributed by atoms with van der Waals surface area (Å²) in [7, 11) is 0. The van der Waals surface area contributed by atoms with Crippen molar-refractivity contribution in [3.8, 4) is 5.75 Å². The first-order valence-electron chi connectivity index (χ1n) is 10.4. The Morgan fingerprint density at radius 1 is 1.14 bits per heavy atom. The van der Waals surface area contributed by atoms with Crippen LogP contribution in [-0.4, -0.2) is 25.5 Å². The number of rotatable bonds is 5. The van der Waals surface area contributed by atoms with Crippen molar-refractivity contribution in [2.45, 2.75) is 26.3 Å². The number of aromatic nitrogens is 3. The molecule has 0 unspecified atom stereocenters. The van der Waals surface area contributed by atoms with Crippen LogP contribution in [0.1, 0.15) is 34.5 Å². The molecule has 0 spiro atoms. The maximum atomic E-state index is 14.6. The molecule has 186 valence electrons. The van der Waals surface area contributed by atoms with Gasteiger partial charge in [0.2, 0.25) is 0 Å². The van der Waals surface area contributed by atoms with Gasteiger partial charge in [0.1, 0.15) is 22.9 Å². The van der Waals surface area contributed by atoms with Crippen LogP contribution in [0.2, 0.25) is 10.0 Å². The summed E-state index contributed by atoms with van der Waals surface area (Å²) in [6.07, 6.45) is 0. The van der Waals surface area contributed by atoms with Gasteiger partial charge in [-0.25, -0.2) is 14.4 Å². The second-order valence-electron chi connectivity index (χ2n) is 8.01. The van der Waals surface area contributed by atoms with Crippen molar-refractivity contribution in [1.29, 1.82) is 0 Å². The summed E-state index contributed by atoms with van der Waals surface area (Å²) in [6, 6.07) is 8.61. The van der Waals surface area contributed by atoms with E-state index in [-0.39, 0.29) is 50.3 Å². The van der Waals surface area contributed by atoms with Gasteiger partial charge in [0, 0.05) is 12.5 Å². The number of benzene rings is 2. The van der Waals surface area contributed by atoms with Gasteiger partial charge in [-0.2, -0.15) is 8.78 Å². The summed E-state index contributed by atoms with van der Waals surface area (Å²) in [4.78, 5) is 34.4. The lowest BCUT2D eigenvalue weighted by Crippen LogP contribution is -2.27. The fourth-order valence-corrected chi connectivity index (χ4v) is 4.04. The fourth-order valence-electron chi connectivity index (χ4n) is 3.55. The lowest BCUT2D eigenvalue weighted by atomic mass is 10.1. The number of carbonyl (C=O) groups excluding carboxylic acids is 1. The molecule has 0 saturated carbocycles. The van der Waals surface area contributed by atoms with Crippen molar-refractivity contribution in [2.24, 2.45) is 0 Å². The summed E-state index contributed by atoms with van der Waals surface area (Å²) >= 11 is 11.8. The minimum absolute atomic E-state index is 0.0258. The number of aryl methyl sites for hydroxylation is 1. The third kappa shape index (κ3) is 4.87. The van der Waals surface area contributed by atoms with Crippen LogP contribution in [0.5, 0.6) is 5.75 Å². The third-order valence-electron chi connectivity index (χ3n) is 5.36. The molecule has 0 aliphatic heterocycles. The highest BCUT2D eigenvalue weighted by atomic mass is 35.5. The minimum atomic E-state index is -3.18. The Hall–Kier alpha value is -3.63. The summed E-state index contributed by atoms with van der Waals surface area (Å²) in [5.41, 5.74) is -1.38. The normalized spacial score (nSPS) is 11.6. The Morgan fingerprint density at radius 3 is 2.44 bits per heavy atom. The molecule has 0 saturated heterocycles. The van der Waals surface area contributed by atoms with E-state index in [1.807, 2.05) is 0 Å². The summed E-state index contributed by atoms with van der Waals surface area (Å²) in [5.74, 6) is -5.00. The molecule has 0 radical (unpaired) electrons. The second-order valence-corrected chi connectivity index (χ2v) is 8.83. The highest BCUT2D eigenvalue weighted by molar-refractivity contribution is 6.37. The zero-order chi connectivity index (χ0) is 26.4. The highest BCUT2D eigenvalue weighted by Gasteiger charge is 2.26. The number of fused-ring (bicyclic) bond motifs is 1. The van der Waals surface area contributed by atoms with E-state index in [2.05, 4.69) is 15.3 Å². The maximum absolute atomic E-state index is 14.6. The van der Waals surface area contributed by atoms with Gasteiger partial charge >= 0.3 is 0 Å². The minimum Gasteiger partial charge on any atom is -0.505 e. The van der Waals surface area contributed by atoms with E-state index in [1.54, 1.807) is 0 Å². The number of alkyl halides is 2. The van der Waals surface area contributed by atoms with Crippen molar-refractivity contribution >= 4 is 45.7 Å². The number of halogens is 5. The number of anilines is 1. The number of hydrogen-bond donors (Lipinski definition) is 2. The molecule has 12 heteroatoms. The topological polar surface area (TPSA) is 97.1 Å². The Labute approximate surface area is 212 Å². The molecular formula is C24H17Cl2F3N4O3. The Bertz CT molecular complexity index is 1560. The lowest BCUT2D eigenvalue weighted by molar-refractivity contribution is 0.0125. The second kappa shape index (κ2) is 9.44. The largest absolute Gasteiger partial charge is 0.505 e. The number of hydrogen-bond acceptors (Lipinski definition) is 5. The number of aromatic hydroxyl groups is 1. The predicted octanol–water partition coefficient (Wildman–Crippen LogP) is 5.66. The van der Waals surface area contributed by atoms with Crippen LogP contribution < -0.4 is 10.9 Å². The Balaban J connectivity index is 1.80. The van der Waals surface area contributed by atoms with Crippen molar-refractivity contribution in [2.75, 3.05) is 5.32 Å². The van der Waals surface area contributed by atoms with E-state index in [0.717, 1.165) is 10.6 Å². The molecule has 0 atom stereocenters. The van der Waals surface area contributed by atoms with Crippen LogP contribution in [0.15, 0.2) is 47.3 Å². The van der Waals surface area contributed by atoms with Crippen molar-refractivity contribution in [3.05, 3.63) is 91.5 Å². The average Bonchev–Trinajstić information content (AvgIpc) is 2.81. The van der Waals surface area contributed by atoms with Crippen LogP contribution in [0, 0.1) is 12.7 Å². The van der Waals surface area contributed by atoms with Gasteiger partial charge in [-0.1, -0.05) is 29.3 Å². The zero-order valence-corrected chi connectivity index (χ0v) is 20.3. The average molecular weight is 537 g/mol. The standard InChI is InChI=1S/C24H17Cl2F3N4O3/c1-11-30-20-16(27)6-7-17(32-22(35)12-8-14(25)21(34)15(26)9-12)19(20)23(36)33(11)10-13-4-3-5-18(31-13)24(2,28)29/h3-9,34H,10H2,1-2H3,(H,32,35). The first-order valence-corrected chi connectivity index (χ1v) is 11.2. The molecule has 4 rings (SSSR count). The van der Waals surface area contributed by atoms with Crippen LogP contribution in [-0.2, 0) is 12.5 Å². The van der Waals surface area contributed by atoms with Crippen LogP contribution >= 0.6 is 23.2 Å². The fraction of sp³-hybridized carbons (Fsp3) is 0.167. The number of phenolic OH excluding ortho intramolecular Hbond substituents is 1. The number of phenols is 1. The van der Waals surface area contributed by atoms with Gasteiger partial charge in [0.05, 0.1) is 33.4 Å². The maximum Gasteiger partial charge on any atom is 0.286 e. The summed E-state index contributed by atoms with van der Waals surface area (Å²) in [6.45, 7) is 1.95. The van der Waals surface area contributed by atoms with Gasteiger partial charge in [-0.15, -0.1) is 0 Å². The Morgan fingerprint density at radius 2 is 1.81 bits per heavy atom. The van der Waals surface area contributed by atoms with E-state index in [1.165, 1.54) is 43.3 Å². The van der Waals surface area contributed by atoms with Crippen molar-refractivity contribution in [3.63, 3.8) is 0 Å². The quantitative estimate of drug-likeness (QED) is 0.342. The van der Waals surface area contributed by atoms with Crippen molar-refractivity contribution < 1.29 is 23.1 Å². The molecule has 0 aliphatic rings. The molecule has 2 heterocycles. The molecule has 36 heavy (non-hydrogen) atoms. The monoisotopic (exact) mass is 536 g/mol. The highest BCUT2D eigenvalue weighted by Crippen LogP contribution is 2.33. The first kappa shape index (κ1) is 25.5. The molecule has 0 bridgehead atoms. The molecule has 1 amide bonds. The molecular weight excluding hydrogens is 520 g/mol. The number of pyridine rings is 1. The SMILES string of the molecule is Cc1nc2c(F)ccc(NC(=O)c3cc(Cl)c(O)c(Cl)c3)c2c(=O)n1Cc1cccc(C(C)(F)F)n1. The number of amides is 1. The van der Waals surface area contributed by atoms with Crippen LogP contribution in [0.25, 0.3) is 10.9 Å². The predicted molar refractivity (Wildman–Crippen MR) is 130 cm³/mol. The molecule has 2 aromatic heterocycles. The number of carbonyl (C=O) groups is 1. The Kier molecular flexibility index (Phi) is 6.68. The molecule has 0 fully saturated rings. The summed E-state index contributed by atoms with van der Waals surface area (Å²) < 4.78 is 43.2. The van der Waals surface area contributed by atoms with Crippen LogP contribution in [0.3, 0.4) is 0 Å².